The van der Waals surface area contributed by atoms with Crippen molar-refractivity contribution in [2.24, 2.45) is 11.8 Å². The molecule has 2 fully saturated rings. The molecule has 2 atom stereocenters. The van der Waals surface area contributed by atoms with Crippen molar-refractivity contribution < 1.29 is 18.0 Å². The summed E-state index contributed by atoms with van der Waals surface area (Å²) in [6.07, 6.45) is 4.44. The van der Waals surface area contributed by atoms with Crippen LogP contribution in [-0.2, 0) is 6.18 Å². The molecule has 1 N–H and O–H groups in total. The predicted octanol–water partition coefficient (Wildman–Crippen LogP) is 5.37. The largest absolute Gasteiger partial charge is 0.416 e. The lowest BCUT2D eigenvalue weighted by Crippen LogP contribution is -2.42. The molecule has 1 aromatic carbocycles. The van der Waals surface area contributed by atoms with E-state index >= 15 is 0 Å². The summed E-state index contributed by atoms with van der Waals surface area (Å²) in [7, 11) is 0. The van der Waals surface area contributed by atoms with Crippen molar-refractivity contribution in [3.63, 3.8) is 0 Å². The molecule has 0 unspecified atom stereocenters. The number of amides is 1. The van der Waals surface area contributed by atoms with Crippen LogP contribution in [0.4, 0.5) is 24.5 Å². The SMILES string of the molecule is O=C(Nc1cc(C(F)(F)F)ccc1N1CC[C@@H]2CCCC[C@H]2C1)c1ccncc1. The Morgan fingerprint density at radius 3 is 2.48 bits per heavy atom. The average Bonchev–Trinajstić information content (AvgIpc) is 2.73. The molecule has 1 aliphatic heterocycles. The van der Waals surface area contributed by atoms with Crippen LogP contribution in [0.2, 0.25) is 0 Å². The van der Waals surface area contributed by atoms with Crippen LogP contribution in [-0.4, -0.2) is 24.0 Å². The fourth-order valence-electron chi connectivity index (χ4n) is 4.61. The second-order valence-electron chi connectivity index (χ2n) is 7.96. The predicted molar refractivity (Wildman–Crippen MR) is 106 cm³/mol. The van der Waals surface area contributed by atoms with Crippen molar-refractivity contribution in [1.29, 1.82) is 0 Å². The van der Waals surface area contributed by atoms with Crippen LogP contribution in [0.1, 0.15) is 48.0 Å². The van der Waals surface area contributed by atoms with Gasteiger partial charge in [-0.05, 0) is 55.0 Å². The van der Waals surface area contributed by atoms with Crippen molar-refractivity contribution >= 4 is 17.3 Å². The standard InChI is InChI=1S/C22H24F3N3O/c23-22(24,25)18-5-6-20(28-12-9-15-3-1-2-4-17(15)14-28)19(13-18)27-21(29)16-7-10-26-11-8-16/h5-8,10-11,13,15,17H,1-4,9,12,14H2,(H,27,29)/t15-,17-/m0/s1. The van der Waals surface area contributed by atoms with E-state index in [1.807, 2.05) is 0 Å². The number of hydrogen-bond acceptors (Lipinski definition) is 3. The molecule has 4 rings (SSSR count). The second-order valence-corrected chi connectivity index (χ2v) is 7.96. The fraction of sp³-hybridized carbons (Fsp3) is 0.455. The highest BCUT2D eigenvalue weighted by Gasteiger charge is 2.34. The van der Waals surface area contributed by atoms with Crippen LogP contribution in [0.5, 0.6) is 0 Å². The minimum atomic E-state index is -4.47. The molecule has 0 bridgehead atoms. The molecular formula is C22H24F3N3O. The van der Waals surface area contributed by atoms with Gasteiger partial charge in [-0.3, -0.25) is 9.78 Å². The molecule has 1 amide bonds. The first kappa shape index (κ1) is 19.7. The molecule has 1 saturated heterocycles. The average molecular weight is 403 g/mol. The summed E-state index contributed by atoms with van der Waals surface area (Å²) in [6.45, 7) is 1.62. The van der Waals surface area contributed by atoms with Gasteiger partial charge in [0.2, 0.25) is 0 Å². The second kappa shape index (κ2) is 8.05. The van der Waals surface area contributed by atoms with E-state index in [1.54, 1.807) is 0 Å². The number of rotatable bonds is 3. The summed E-state index contributed by atoms with van der Waals surface area (Å²) in [5, 5.41) is 2.70. The molecule has 7 heteroatoms. The fourth-order valence-corrected chi connectivity index (χ4v) is 4.61. The number of anilines is 2. The number of piperidine rings is 1. The molecule has 154 valence electrons. The number of halogens is 3. The Bertz CT molecular complexity index is 869. The van der Waals surface area contributed by atoms with Crippen LogP contribution in [0.3, 0.4) is 0 Å². The molecule has 2 heterocycles. The summed E-state index contributed by atoms with van der Waals surface area (Å²) in [4.78, 5) is 18.6. The molecule has 1 aliphatic carbocycles. The topological polar surface area (TPSA) is 45.2 Å². The van der Waals surface area contributed by atoms with Gasteiger partial charge >= 0.3 is 6.18 Å². The Morgan fingerprint density at radius 2 is 1.76 bits per heavy atom. The molecule has 2 aromatic rings. The van der Waals surface area contributed by atoms with Gasteiger partial charge < -0.3 is 10.2 Å². The molecule has 29 heavy (non-hydrogen) atoms. The first-order chi connectivity index (χ1) is 13.9. The van der Waals surface area contributed by atoms with E-state index in [0.717, 1.165) is 31.6 Å². The number of alkyl halides is 3. The van der Waals surface area contributed by atoms with Gasteiger partial charge in [0, 0.05) is 31.0 Å². The number of fused-ring (bicyclic) bond motifs is 1. The Hall–Kier alpha value is -2.57. The van der Waals surface area contributed by atoms with Crippen molar-refractivity contribution in [3.05, 3.63) is 53.9 Å². The highest BCUT2D eigenvalue weighted by molar-refractivity contribution is 6.06. The van der Waals surface area contributed by atoms with Gasteiger partial charge in [0.05, 0.1) is 16.9 Å². The van der Waals surface area contributed by atoms with E-state index in [-0.39, 0.29) is 5.69 Å². The van der Waals surface area contributed by atoms with Gasteiger partial charge in [-0.25, -0.2) is 0 Å². The summed E-state index contributed by atoms with van der Waals surface area (Å²) in [5.41, 5.74) is 0.452. The van der Waals surface area contributed by atoms with Crippen molar-refractivity contribution in [1.82, 2.24) is 4.98 Å². The van der Waals surface area contributed by atoms with Gasteiger partial charge in [0.25, 0.3) is 5.91 Å². The van der Waals surface area contributed by atoms with Gasteiger partial charge in [0.15, 0.2) is 0 Å². The zero-order valence-corrected chi connectivity index (χ0v) is 16.1. The highest BCUT2D eigenvalue weighted by Crippen LogP contribution is 2.41. The van der Waals surface area contributed by atoms with E-state index in [2.05, 4.69) is 15.2 Å². The van der Waals surface area contributed by atoms with Crippen molar-refractivity contribution in [3.8, 4) is 0 Å². The van der Waals surface area contributed by atoms with Crippen LogP contribution >= 0.6 is 0 Å². The van der Waals surface area contributed by atoms with Crippen molar-refractivity contribution in [2.45, 2.75) is 38.3 Å². The smallest absolute Gasteiger partial charge is 0.370 e. The molecule has 4 nitrogen and oxygen atoms in total. The third kappa shape index (κ3) is 4.38. The lowest BCUT2D eigenvalue weighted by Gasteiger charge is -2.42. The number of benzene rings is 1. The summed E-state index contributed by atoms with van der Waals surface area (Å²) < 4.78 is 39.9. The Labute approximate surface area is 168 Å². The van der Waals surface area contributed by atoms with Crippen LogP contribution < -0.4 is 10.2 Å². The van der Waals surface area contributed by atoms with Crippen LogP contribution in [0, 0.1) is 11.8 Å². The Balaban J connectivity index is 1.63. The number of carbonyl (C=O) groups excluding carboxylic acids is 1. The Morgan fingerprint density at radius 1 is 1.03 bits per heavy atom. The molecule has 0 spiro atoms. The number of aromatic nitrogens is 1. The van der Waals surface area contributed by atoms with E-state index < -0.39 is 17.6 Å². The molecule has 2 aliphatic rings. The minimum Gasteiger partial charge on any atom is -0.370 e. The van der Waals surface area contributed by atoms with Gasteiger partial charge in [-0.1, -0.05) is 19.3 Å². The maximum absolute atomic E-state index is 13.3. The number of nitrogens with one attached hydrogen (secondary N) is 1. The molecule has 0 radical (unpaired) electrons. The first-order valence-electron chi connectivity index (χ1n) is 10.1. The maximum Gasteiger partial charge on any atom is 0.416 e. The van der Waals surface area contributed by atoms with E-state index in [1.165, 1.54) is 56.3 Å². The third-order valence-corrected chi connectivity index (χ3v) is 6.15. The van der Waals surface area contributed by atoms with Crippen molar-refractivity contribution in [2.75, 3.05) is 23.3 Å². The van der Waals surface area contributed by atoms with Gasteiger partial charge in [0.1, 0.15) is 0 Å². The van der Waals surface area contributed by atoms with E-state index in [4.69, 9.17) is 0 Å². The minimum absolute atomic E-state index is 0.205. The van der Waals surface area contributed by atoms with E-state index in [0.29, 0.717) is 23.1 Å². The highest BCUT2D eigenvalue weighted by atomic mass is 19.4. The maximum atomic E-state index is 13.3. The van der Waals surface area contributed by atoms with Crippen LogP contribution in [0.15, 0.2) is 42.7 Å². The number of carbonyl (C=O) groups is 1. The molecule has 1 aromatic heterocycles. The molecular weight excluding hydrogens is 379 g/mol. The number of hydrogen-bond donors (Lipinski definition) is 1. The summed E-state index contributed by atoms with van der Waals surface area (Å²) in [6, 6.07) is 6.71. The zero-order valence-electron chi connectivity index (χ0n) is 16.1. The number of pyridine rings is 1. The van der Waals surface area contributed by atoms with Gasteiger partial charge in [-0.2, -0.15) is 13.2 Å². The third-order valence-electron chi connectivity index (χ3n) is 6.15. The quantitative estimate of drug-likeness (QED) is 0.750. The first-order valence-corrected chi connectivity index (χ1v) is 10.1. The normalized spacial score (nSPS) is 22.1. The number of nitrogens with zero attached hydrogens (tertiary/aromatic N) is 2. The van der Waals surface area contributed by atoms with Gasteiger partial charge in [-0.15, -0.1) is 0 Å². The Kier molecular flexibility index (Phi) is 5.48. The lowest BCUT2D eigenvalue weighted by molar-refractivity contribution is -0.137. The molecule has 1 saturated carbocycles. The van der Waals surface area contributed by atoms with Crippen LogP contribution in [0.25, 0.3) is 0 Å². The van der Waals surface area contributed by atoms with E-state index in [9.17, 15) is 18.0 Å². The zero-order chi connectivity index (χ0) is 20.4. The lowest BCUT2D eigenvalue weighted by atomic mass is 9.75. The summed E-state index contributed by atoms with van der Waals surface area (Å²) in [5.74, 6) is 0.841. The monoisotopic (exact) mass is 403 g/mol. The summed E-state index contributed by atoms with van der Waals surface area (Å²) >= 11 is 0.